The molecule has 0 amide bonds. The van der Waals surface area contributed by atoms with Gasteiger partial charge in [-0.3, -0.25) is 0 Å². The molecule has 0 spiro atoms. The van der Waals surface area contributed by atoms with Crippen molar-refractivity contribution >= 4 is 14.3 Å². The Morgan fingerprint density at radius 3 is 2.15 bits per heavy atom. The summed E-state index contributed by atoms with van der Waals surface area (Å²) in [7, 11) is -0.142. The van der Waals surface area contributed by atoms with E-state index in [-0.39, 0.29) is 36.1 Å². The fourth-order valence-corrected chi connectivity index (χ4v) is 6.09. The number of hydrogen-bond donors (Lipinski definition) is 0. The predicted molar refractivity (Wildman–Crippen MR) is 160 cm³/mol. The van der Waals surface area contributed by atoms with Crippen LogP contribution in [0, 0.1) is 0 Å². The summed E-state index contributed by atoms with van der Waals surface area (Å²) in [4.78, 5) is 11.8. The van der Waals surface area contributed by atoms with Crippen LogP contribution in [0.4, 0.5) is 0 Å². The Bertz CT molecular complexity index is 702. The molecule has 1 aliphatic rings. The van der Waals surface area contributed by atoms with E-state index in [4.69, 9.17) is 28.1 Å². The van der Waals surface area contributed by atoms with Gasteiger partial charge in [0.15, 0.2) is 14.1 Å². The van der Waals surface area contributed by atoms with E-state index < -0.39 is 14.1 Å². The quantitative estimate of drug-likeness (QED) is 0.0482. The third-order valence-corrected chi connectivity index (χ3v) is 12.3. The number of ether oxygens (including phenoxy) is 5. The summed E-state index contributed by atoms with van der Waals surface area (Å²) < 4.78 is 35.3. The van der Waals surface area contributed by atoms with Gasteiger partial charge in [-0.15, -0.1) is 0 Å². The number of esters is 1. The second kappa shape index (κ2) is 17.9. The maximum absolute atomic E-state index is 11.8. The normalized spacial score (nSPS) is 21.4. The van der Waals surface area contributed by atoms with Gasteiger partial charge in [-0.2, -0.15) is 0 Å². The molecular formula is C31H60O7Si. The van der Waals surface area contributed by atoms with Gasteiger partial charge in [-0.25, -0.2) is 4.79 Å². The minimum absolute atomic E-state index is 0.0187. The van der Waals surface area contributed by atoms with E-state index in [1.54, 1.807) is 20.1 Å². The van der Waals surface area contributed by atoms with E-state index in [1.165, 1.54) is 25.3 Å². The van der Waals surface area contributed by atoms with Gasteiger partial charge in [0.25, 0.3) is 0 Å². The third-order valence-electron chi connectivity index (χ3n) is 7.80. The van der Waals surface area contributed by atoms with Crippen LogP contribution in [0.2, 0.25) is 18.1 Å². The van der Waals surface area contributed by atoms with Crippen LogP contribution in [-0.4, -0.2) is 65.0 Å². The van der Waals surface area contributed by atoms with Crippen molar-refractivity contribution in [3.8, 4) is 0 Å². The van der Waals surface area contributed by atoms with Crippen LogP contribution >= 0.6 is 0 Å². The van der Waals surface area contributed by atoms with Gasteiger partial charge in [0.1, 0.15) is 12.9 Å². The highest BCUT2D eigenvalue weighted by Gasteiger charge is 2.41. The molecule has 0 N–H and O–H groups in total. The molecule has 0 aliphatic carbocycles. The van der Waals surface area contributed by atoms with Crippen molar-refractivity contribution < 1.29 is 32.9 Å². The number of hydrogen-bond acceptors (Lipinski definition) is 7. The minimum Gasteiger partial charge on any atom is -0.463 e. The second-order valence-electron chi connectivity index (χ2n) is 12.8. The minimum atomic E-state index is -1.78. The molecule has 0 aromatic heterocycles. The van der Waals surface area contributed by atoms with E-state index in [1.807, 2.05) is 13.8 Å². The number of rotatable bonds is 20. The Kier molecular flexibility index (Phi) is 16.6. The summed E-state index contributed by atoms with van der Waals surface area (Å²) in [6, 6.07) is 0. The SMILES string of the molecule is CCCCC[C@H](CCCCC[C@H](C[C@@H]1OC(C)(C)O[C@@H]1/C=C/C(=O)OCC)OCOC)O[Si](C)(C)C(C)(C)C. The standard InChI is InChI=1S/C31H60O7Si/c1-11-13-15-18-25(38-39(9,10)30(3,4)5)19-16-14-17-20-26(35-24-33-8)23-28-27(36-31(6,7)37-28)21-22-29(32)34-12-2/h21-22,25-28H,11-20,23-24H2,1-10H3/b22-21+/t25-,26-,27-,28+/m1/s1. The first-order chi connectivity index (χ1) is 18.2. The largest absolute Gasteiger partial charge is 0.463 e. The summed E-state index contributed by atoms with van der Waals surface area (Å²) in [6.45, 7) is 20.1. The molecule has 4 atom stereocenters. The zero-order chi connectivity index (χ0) is 29.5. The fraction of sp³-hybridized carbons (Fsp3) is 0.903. The van der Waals surface area contributed by atoms with Crippen LogP contribution in [0.1, 0.15) is 113 Å². The van der Waals surface area contributed by atoms with Crippen LogP contribution < -0.4 is 0 Å². The average Bonchev–Trinajstić information content (AvgIpc) is 3.12. The van der Waals surface area contributed by atoms with Crippen molar-refractivity contribution in [1.82, 2.24) is 0 Å². The van der Waals surface area contributed by atoms with Crippen LogP contribution in [0.3, 0.4) is 0 Å². The molecule has 7 nitrogen and oxygen atoms in total. The monoisotopic (exact) mass is 572 g/mol. The number of methoxy groups -OCH3 is 1. The Balaban J connectivity index is 2.67. The van der Waals surface area contributed by atoms with Crippen LogP contribution in [0.25, 0.3) is 0 Å². The van der Waals surface area contributed by atoms with Crippen molar-refractivity contribution in [1.29, 1.82) is 0 Å². The molecule has 39 heavy (non-hydrogen) atoms. The van der Waals surface area contributed by atoms with E-state index >= 15 is 0 Å². The molecule has 0 saturated carbocycles. The van der Waals surface area contributed by atoms with E-state index in [0.29, 0.717) is 19.1 Å². The van der Waals surface area contributed by atoms with Gasteiger partial charge in [0.2, 0.25) is 0 Å². The first kappa shape index (κ1) is 36.3. The average molecular weight is 573 g/mol. The summed E-state index contributed by atoms with van der Waals surface area (Å²) >= 11 is 0. The topological polar surface area (TPSA) is 72.5 Å². The van der Waals surface area contributed by atoms with Gasteiger partial charge < -0.3 is 28.1 Å². The molecule has 1 fully saturated rings. The second-order valence-corrected chi connectivity index (χ2v) is 17.6. The van der Waals surface area contributed by atoms with Crippen LogP contribution in [0.5, 0.6) is 0 Å². The highest BCUT2D eigenvalue weighted by molar-refractivity contribution is 6.74. The van der Waals surface area contributed by atoms with E-state index in [9.17, 15) is 4.79 Å². The summed E-state index contributed by atoms with van der Waals surface area (Å²) in [5.41, 5.74) is 0. The lowest BCUT2D eigenvalue weighted by Gasteiger charge is -2.39. The van der Waals surface area contributed by atoms with Gasteiger partial charge in [0.05, 0.1) is 18.8 Å². The van der Waals surface area contributed by atoms with Crippen molar-refractivity contribution in [2.75, 3.05) is 20.5 Å². The van der Waals surface area contributed by atoms with Gasteiger partial charge in [0, 0.05) is 25.7 Å². The highest BCUT2D eigenvalue weighted by atomic mass is 28.4. The molecule has 8 heteroatoms. The summed E-state index contributed by atoms with van der Waals surface area (Å²) in [6.07, 6.45) is 13.9. The van der Waals surface area contributed by atoms with Crippen molar-refractivity contribution in [3.63, 3.8) is 0 Å². The van der Waals surface area contributed by atoms with Crippen molar-refractivity contribution in [2.45, 2.75) is 161 Å². The van der Waals surface area contributed by atoms with E-state index in [2.05, 4.69) is 40.8 Å². The van der Waals surface area contributed by atoms with Gasteiger partial charge >= 0.3 is 5.97 Å². The van der Waals surface area contributed by atoms with Crippen molar-refractivity contribution in [3.05, 3.63) is 12.2 Å². The first-order valence-corrected chi connectivity index (χ1v) is 18.1. The molecule has 0 aromatic carbocycles. The molecular weight excluding hydrogens is 512 g/mol. The number of carbonyl (C=O) groups excluding carboxylic acids is 1. The Hall–Kier alpha value is -0.773. The molecule has 0 bridgehead atoms. The molecule has 230 valence electrons. The molecule has 1 aliphatic heterocycles. The molecule has 1 saturated heterocycles. The lowest BCUT2D eigenvalue weighted by Crippen LogP contribution is -2.44. The zero-order valence-corrected chi connectivity index (χ0v) is 27.8. The predicted octanol–water partition coefficient (Wildman–Crippen LogP) is 7.93. The molecule has 1 heterocycles. The molecule has 1 rings (SSSR count). The van der Waals surface area contributed by atoms with Crippen molar-refractivity contribution in [2.24, 2.45) is 0 Å². The Morgan fingerprint density at radius 1 is 0.974 bits per heavy atom. The summed E-state index contributed by atoms with van der Waals surface area (Å²) in [5.74, 6) is -1.10. The van der Waals surface area contributed by atoms with Crippen LogP contribution in [-0.2, 0) is 32.9 Å². The third kappa shape index (κ3) is 14.6. The number of unbranched alkanes of at least 4 members (excludes halogenated alkanes) is 4. The number of carbonyl (C=O) groups is 1. The fourth-order valence-electron chi connectivity index (χ4n) is 4.66. The first-order valence-electron chi connectivity index (χ1n) is 15.2. The lowest BCUT2D eigenvalue weighted by atomic mass is 9.99. The highest BCUT2D eigenvalue weighted by Crippen LogP contribution is 2.38. The maximum Gasteiger partial charge on any atom is 0.330 e. The zero-order valence-electron chi connectivity index (χ0n) is 26.8. The van der Waals surface area contributed by atoms with Crippen LogP contribution in [0.15, 0.2) is 12.2 Å². The molecule has 0 radical (unpaired) electrons. The summed E-state index contributed by atoms with van der Waals surface area (Å²) in [5, 5.41) is 0.228. The smallest absolute Gasteiger partial charge is 0.330 e. The Morgan fingerprint density at radius 2 is 1.59 bits per heavy atom. The maximum atomic E-state index is 11.8. The van der Waals surface area contributed by atoms with E-state index in [0.717, 1.165) is 38.5 Å². The van der Waals surface area contributed by atoms with Gasteiger partial charge in [-0.1, -0.05) is 66.2 Å². The Labute approximate surface area is 240 Å². The molecule has 0 unspecified atom stereocenters. The molecule has 0 aromatic rings. The van der Waals surface area contributed by atoms with Gasteiger partial charge in [-0.05, 0) is 64.2 Å². The lowest BCUT2D eigenvalue weighted by molar-refractivity contribution is -0.149.